The zero-order chi connectivity index (χ0) is 13.0. The molecule has 1 saturated carbocycles. The second kappa shape index (κ2) is 5.85. The molecule has 0 unspecified atom stereocenters. The molecule has 0 amide bonds. The minimum Gasteiger partial charge on any atom is -0.208 e. The van der Waals surface area contributed by atoms with Crippen LogP contribution in [-0.4, -0.2) is 14.5 Å². The van der Waals surface area contributed by atoms with Crippen molar-refractivity contribution in [2.45, 2.75) is 50.0 Å². The van der Waals surface area contributed by atoms with Gasteiger partial charge in [-0.25, -0.2) is 13.1 Å². The van der Waals surface area contributed by atoms with Crippen molar-refractivity contribution in [1.29, 1.82) is 0 Å². The summed E-state index contributed by atoms with van der Waals surface area (Å²) in [5.41, 5.74) is 0. The predicted octanol–water partition coefficient (Wildman–Crippen LogP) is 2.93. The summed E-state index contributed by atoms with van der Waals surface area (Å²) in [4.78, 5) is 0.364. The summed E-state index contributed by atoms with van der Waals surface area (Å²) in [7, 11) is -3.33. The fourth-order valence-corrected chi connectivity index (χ4v) is 3.90. The van der Waals surface area contributed by atoms with E-state index in [0.717, 1.165) is 31.6 Å². The van der Waals surface area contributed by atoms with Gasteiger partial charge in [-0.15, -0.1) is 0 Å². The summed E-state index contributed by atoms with van der Waals surface area (Å²) in [6.07, 6.45) is 5.41. The monoisotopic (exact) mass is 267 g/mol. The van der Waals surface area contributed by atoms with Crippen LogP contribution < -0.4 is 4.72 Å². The van der Waals surface area contributed by atoms with Gasteiger partial charge in [0.25, 0.3) is 0 Å². The van der Waals surface area contributed by atoms with Crippen LogP contribution in [-0.2, 0) is 10.0 Å². The van der Waals surface area contributed by atoms with Crippen molar-refractivity contribution < 1.29 is 8.42 Å². The van der Waals surface area contributed by atoms with Crippen LogP contribution in [0.2, 0.25) is 0 Å². The molecule has 3 nitrogen and oxygen atoms in total. The average Bonchev–Trinajstić information content (AvgIpc) is 2.40. The molecule has 0 bridgehead atoms. The van der Waals surface area contributed by atoms with Crippen molar-refractivity contribution in [1.82, 2.24) is 4.72 Å². The molecule has 0 radical (unpaired) electrons. The van der Waals surface area contributed by atoms with E-state index >= 15 is 0 Å². The van der Waals surface area contributed by atoms with Crippen LogP contribution in [0.3, 0.4) is 0 Å². The van der Waals surface area contributed by atoms with Crippen molar-refractivity contribution in [2.75, 3.05) is 0 Å². The Bertz CT molecular complexity index is 462. The lowest BCUT2D eigenvalue weighted by Crippen LogP contribution is -2.37. The van der Waals surface area contributed by atoms with Crippen molar-refractivity contribution >= 4 is 10.0 Å². The number of hydrogen-bond acceptors (Lipinski definition) is 2. The molecule has 0 aromatic heterocycles. The van der Waals surface area contributed by atoms with Crippen molar-refractivity contribution in [3.8, 4) is 0 Å². The molecule has 0 saturated heterocycles. The quantitative estimate of drug-likeness (QED) is 0.911. The van der Waals surface area contributed by atoms with Crippen LogP contribution in [0.5, 0.6) is 0 Å². The predicted molar refractivity (Wildman–Crippen MR) is 72.8 cm³/mol. The first kappa shape index (κ1) is 13.6. The lowest BCUT2D eigenvalue weighted by Gasteiger charge is -2.28. The maximum absolute atomic E-state index is 12.1. The lowest BCUT2D eigenvalue weighted by molar-refractivity contribution is 0.306. The molecule has 1 aliphatic carbocycles. The van der Waals surface area contributed by atoms with Crippen LogP contribution in [0.1, 0.15) is 39.0 Å². The van der Waals surface area contributed by atoms with Gasteiger partial charge in [0.2, 0.25) is 10.0 Å². The Morgan fingerprint density at radius 3 is 2.28 bits per heavy atom. The van der Waals surface area contributed by atoms with Crippen molar-refractivity contribution in [2.24, 2.45) is 5.92 Å². The molecule has 100 valence electrons. The average molecular weight is 267 g/mol. The first-order valence-corrected chi connectivity index (χ1v) is 8.17. The van der Waals surface area contributed by atoms with Crippen LogP contribution >= 0.6 is 0 Å². The highest BCUT2D eigenvalue weighted by molar-refractivity contribution is 7.89. The molecule has 4 heteroatoms. The summed E-state index contributed by atoms with van der Waals surface area (Å²) < 4.78 is 27.1. The highest BCUT2D eigenvalue weighted by Crippen LogP contribution is 2.27. The van der Waals surface area contributed by atoms with E-state index in [4.69, 9.17) is 0 Å². The number of sulfonamides is 1. The first-order valence-electron chi connectivity index (χ1n) is 6.69. The molecule has 0 atom stereocenters. The minimum absolute atomic E-state index is 0.109. The van der Waals surface area contributed by atoms with Gasteiger partial charge in [0.15, 0.2) is 0 Å². The summed E-state index contributed by atoms with van der Waals surface area (Å²) in [5.74, 6) is 0.780. The van der Waals surface area contributed by atoms with Gasteiger partial charge < -0.3 is 0 Å². The van der Waals surface area contributed by atoms with E-state index in [1.807, 2.05) is 6.07 Å². The van der Waals surface area contributed by atoms with Gasteiger partial charge in [0, 0.05) is 6.04 Å². The summed E-state index contributed by atoms with van der Waals surface area (Å²) >= 11 is 0. The van der Waals surface area contributed by atoms with Crippen LogP contribution in [0.4, 0.5) is 0 Å². The molecular weight excluding hydrogens is 246 g/mol. The molecule has 0 spiro atoms. The molecule has 2 rings (SSSR count). The molecule has 0 heterocycles. The van der Waals surface area contributed by atoms with E-state index in [2.05, 4.69) is 11.6 Å². The Balaban J connectivity index is 1.98. The van der Waals surface area contributed by atoms with Gasteiger partial charge >= 0.3 is 0 Å². The van der Waals surface area contributed by atoms with Crippen molar-refractivity contribution in [3.63, 3.8) is 0 Å². The number of benzene rings is 1. The van der Waals surface area contributed by atoms with E-state index in [-0.39, 0.29) is 6.04 Å². The number of nitrogens with one attached hydrogen (secondary N) is 1. The van der Waals surface area contributed by atoms with Gasteiger partial charge in [-0.3, -0.25) is 0 Å². The molecule has 1 aromatic rings. The lowest BCUT2D eigenvalue weighted by atomic mass is 9.85. The zero-order valence-corrected chi connectivity index (χ0v) is 11.6. The normalized spacial score (nSPS) is 24.9. The summed E-state index contributed by atoms with van der Waals surface area (Å²) in [5, 5.41) is 0. The molecule has 1 aliphatic rings. The molecule has 1 fully saturated rings. The SMILES string of the molecule is CCC1CCC(NS(=O)(=O)c2ccccc2)CC1. The Hall–Kier alpha value is -0.870. The fraction of sp³-hybridized carbons (Fsp3) is 0.571. The van der Waals surface area contributed by atoms with Crippen molar-refractivity contribution in [3.05, 3.63) is 30.3 Å². The third-order valence-electron chi connectivity index (χ3n) is 3.80. The van der Waals surface area contributed by atoms with Gasteiger partial charge in [-0.2, -0.15) is 0 Å². The van der Waals surface area contributed by atoms with E-state index in [1.54, 1.807) is 24.3 Å². The topological polar surface area (TPSA) is 46.2 Å². The van der Waals surface area contributed by atoms with E-state index in [0.29, 0.717) is 4.90 Å². The third-order valence-corrected chi connectivity index (χ3v) is 5.34. The Morgan fingerprint density at radius 2 is 1.72 bits per heavy atom. The molecule has 18 heavy (non-hydrogen) atoms. The summed E-state index contributed by atoms with van der Waals surface area (Å²) in [6.45, 7) is 2.21. The van der Waals surface area contributed by atoms with Gasteiger partial charge in [0.05, 0.1) is 4.90 Å². The van der Waals surface area contributed by atoms with Crippen LogP contribution in [0.15, 0.2) is 35.2 Å². The molecule has 1 aromatic carbocycles. The van der Waals surface area contributed by atoms with E-state index in [1.165, 1.54) is 6.42 Å². The maximum atomic E-state index is 12.1. The van der Waals surface area contributed by atoms with Gasteiger partial charge in [0.1, 0.15) is 0 Å². The van der Waals surface area contributed by atoms with E-state index < -0.39 is 10.0 Å². The van der Waals surface area contributed by atoms with E-state index in [9.17, 15) is 8.42 Å². The summed E-state index contributed by atoms with van der Waals surface area (Å²) in [6, 6.07) is 8.72. The first-order chi connectivity index (χ1) is 8.62. The minimum atomic E-state index is -3.33. The maximum Gasteiger partial charge on any atom is 0.240 e. The highest BCUT2D eigenvalue weighted by atomic mass is 32.2. The largest absolute Gasteiger partial charge is 0.240 e. The highest BCUT2D eigenvalue weighted by Gasteiger charge is 2.24. The van der Waals surface area contributed by atoms with Gasteiger partial charge in [-0.1, -0.05) is 31.5 Å². The van der Waals surface area contributed by atoms with Gasteiger partial charge in [-0.05, 0) is 43.7 Å². The van der Waals surface area contributed by atoms with Crippen LogP contribution in [0, 0.1) is 5.92 Å². The standard InChI is InChI=1S/C14H21NO2S/c1-2-12-8-10-13(11-9-12)15-18(16,17)14-6-4-3-5-7-14/h3-7,12-13,15H,2,8-11H2,1H3. The Morgan fingerprint density at radius 1 is 1.11 bits per heavy atom. The Kier molecular flexibility index (Phi) is 4.40. The molecule has 0 aliphatic heterocycles. The smallest absolute Gasteiger partial charge is 0.208 e. The fourth-order valence-electron chi connectivity index (χ4n) is 2.58. The zero-order valence-electron chi connectivity index (χ0n) is 10.8. The second-order valence-electron chi connectivity index (χ2n) is 5.06. The van der Waals surface area contributed by atoms with Crippen LogP contribution in [0.25, 0.3) is 0 Å². The number of hydrogen-bond donors (Lipinski definition) is 1. The second-order valence-corrected chi connectivity index (χ2v) is 6.77. The molecular formula is C14H21NO2S. The third kappa shape index (κ3) is 3.33. The Labute approximate surface area is 110 Å². The number of rotatable bonds is 4. The molecule has 1 N–H and O–H groups in total.